The maximum atomic E-state index is 12.2. The fourth-order valence-corrected chi connectivity index (χ4v) is 1.93. The summed E-state index contributed by atoms with van der Waals surface area (Å²) in [5.41, 5.74) is 0. The Balaban J connectivity index is 2.44. The largest absolute Gasteiger partial charge is 0.401 e. The topological polar surface area (TPSA) is 15.3 Å². The number of nitrogens with one attached hydrogen (secondary N) is 1. The average Bonchev–Trinajstić information content (AvgIpc) is 2.05. The summed E-state index contributed by atoms with van der Waals surface area (Å²) in [6, 6.07) is 0.604. The summed E-state index contributed by atoms with van der Waals surface area (Å²) in [5, 5.41) is 3.36. The molecule has 0 spiro atoms. The first-order valence-electron chi connectivity index (χ1n) is 5.42. The van der Waals surface area contributed by atoms with Crippen LogP contribution in [0.4, 0.5) is 13.2 Å². The second-order valence-electron chi connectivity index (χ2n) is 4.44. The minimum absolute atomic E-state index is 0.302. The second-order valence-corrected chi connectivity index (χ2v) is 4.44. The van der Waals surface area contributed by atoms with Crippen molar-refractivity contribution in [2.45, 2.75) is 44.9 Å². The number of hydrogen-bond acceptors (Lipinski definition) is 2. The number of halogens is 3. The van der Waals surface area contributed by atoms with E-state index >= 15 is 0 Å². The molecule has 0 aromatic rings. The minimum atomic E-state index is -4.07. The summed E-state index contributed by atoms with van der Waals surface area (Å²) in [5.74, 6) is 0. The van der Waals surface area contributed by atoms with Gasteiger partial charge < -0.3 is 5.32 Å². The second kappa shape index (κ2) is 5.16. The molecule has 2 atom stereocenters. The third-order valence-electron chi connectivity index (χ3n) is 2.73. The molecule has 90 valence electrons. The molecule has 0 bridgehead atoms. The van der Waals surface area contributed by atoms with Crippen LogP contribution in [0.15, 0.2) is 0 Å². The smallest absolute Gasteiger partial charge is 0.312 e. The first-order chi connectivity index (χ1) is 6.87. The lowest BCUT2D eigenvalue weighted by Gasteiger charge is -2.31. The van der Waals surface area contributed by atoms with Gasteiger partial charge in [-0.05, 0) is 39.8 Å². The van der Waals surface area contributed by atoms with E-state index in [-0.39, 0.29) is 0 Å². The van der Waals surface area contributed by atoms with Crippen molar-refractivity contribution < 1.29 is 13.2 Å². The molecule has 1 rings (SSSR count). The van der Waals surface area contributed by atoms with Crippen LogP contribution in [0, 0.1) is 0 Å². The highest BCUT2D eigenvalue weighted by atomic mass is 19.4. The van der Waals surface area contributed by atoms with Gasteiger partial charge in [0.25, 0.3) is 0 Å². The van der Waals surface area contributed by atoms with Crippen LogP contribution in [0.5, 0.6) is 0 Å². The standard InChI is InChI=1S/C10H19F3N2/c1-8-3-5-15(7-10(11,12)13)6-4-9(2)14-8/h8-9,14H,3-7H2,1-2H3. The zero-order valence-corrected chi connectivity index (χ0v) is 9.27. The molecule has 1 aliphatic heterocycles. The van der Waals surface area contributed by atoms with Gasteiger partial charge in [0.15, 0.2) is 0 Å². The molecule has 1 saturated heterocycles. The van der Waals surface area contributed by atoms with E-state index in [2.05, 4.69) is 5.32 Å². The quantitative estimate of drug-likeness (QED) is 0.733. The lowest BCUT2D eigenvalue weighted by molar-refractivity contribution is -0.146. The Hall–Kier alpha value is -0.290. The Morgan fingerprint density at radius 3 is 2.00 bits per heavy atom. The van der Waals surface area contributed by atoms with Crippen LogP contribution in [0.1, 0.15) is 26.7 Å². The Morgan fingerprint density at radius 2 is 1.60 bits per heavy atom. The molecule has 5 heteroatoms. The fourth-order valence-electron chi connectivity index (χ4n) is 1.93. The van der Waals surface area contributed by atoms with Gasteiger partial charge in [-0.15, -0.1) is 0 Å². The van der Waals surface area contributed by atoms with Crippen molar-refractivity contribution in [3.63, 3.8) is 0 Å². The van der Waals surface area contributed by atoms with Crippen LogP contribution in [0.2, 0.25) is 0 Å². The van der Waals surface area contributed by atoms with Crippen molar-refractivity contribution in [2.75, 3.05) is 19.6 Å². The molecule has 1 N–H and O–H groups in total. The van der Waals surface area contributed by atoms with E-state index in [4.69, 9.17) is 0 Å². The van der Waals surface area contributed by atoms with Gasteiger partial charge in [-0.2, -0.15) is 13.2 Å². The van der Waals surface area contributed by atoms with Gasteiger partial charge in [0.2, 0.25) is 0 Å². The van der Waals surface area contributed by atoms with Gasteiger partial charge in [-0.25, -0.2) is 0 Å². The number of rotatable bonds is 1. The lowest BCUT2D eigenvalue weighted by Crippen LogP contribution is -2.45. The predicted octanol–water partition coefficient (Wildman–Crippen LogP) is 2.01. The number of nitrogens with zero attached hydrogens (tertiary/aromatic N) is 1. The van der Waals surface area contributed by atoms with E-state index in [1.54, 1.807) is 0 Å². The Kier molecular flexibility index (Phi) is 4.40. The van der Waals surface area contributed by atoms with Crippen molar-refractivity contribution in [1.29, 1.82) is 0 Å². The molecule has 0 saturated carbocycles. The van der Waals surface area contributed by atoms with E-state index in [0.717, 1.165) is 12.8 Å². The van der Waals surface area contributed by atoms with Crippen LogP contribution < -0.4 is 5.32 Å². The Morgan fingerprint density at radius 1 is 1.13 bits per heavy atom. The summed E-state index contributed by atoms with van der Waals surface area (Å²) < 4.78 is 36.6. The molecular weight excluding hydrogens is 205 g/mol. The third-order valence-corrected chi connectivity index (χ3v) is 2.73. The molecule has 0 aliphatic carbocycles. The average molecular weight is 224 g/mol. The van der Waals surface area contributed by atoms with E-state index < -0.39 is 12.7 Å². The summed E-state index contributed by atoms with van der Waals surface area (Å²) in [4.78, 5) is 1.51. The van der Waals surface area contributed by atoms with Crippen LogP contribution >= 0.6 is 0 Å². The van der Waals surface area contributed by atoms with Crippen LogP contribution in [0.25, 0.3) is 0 Å². The van der Waals surface area contributed by atoms with E-state index in [1.165, 1.54) is 4.90 Å². The summed E-state index contributed by atoms with van der Waals surface area (Å²) in [6.07, 6.45) is -2.51. The van der Waals surface area contributed by atoms with Crippen molar-refractivity contribution in [3.8, 4) is 0 Å². The number of hydrogen-bond donors (Lipinski definition) is 1. The highest BCUT2D eigenvalue weighted by Crippen LogP contribution is 2.18. The van der Waals surface area contributed by atoms with Gasteiger partial charge in [-0.1, -0.05) is 0 Å². The van der Waals surface area contributed by atoms with E-state index in [0.29, 0.717) is 25.2 Å². The summed E-state index contributed by atoms with van der Waals surface area (Å²) >= 11 is 0. The van der Waals surface area contributed by atoms with E-state index in [9.17, 15) is 13.2 Å². The summed E-state index contributed by atoms with van der Waals surface area (Å²) in [7, 11) is 0. The molecule has 0 aromatic heterocycles. The molecule has 0 aromatic carbocycles. The maximum Gasteiger partial charge on any atom is 0.401 e. The van der Waals surface area contributed by atoms with Crippen molar-refractivity contribution >= 4 is 0 Å². The molecule has 0 radical (unpaired) electrons. The van der Waals surface area contributed by atoms with Crippen molar-refractivity contribution in [1.82, 2.24) is 10.2 Å². The third kappa shape index (κ3) is 5.37. The molecule has 1 fully saturated rings. The SMILES string of the molecule is CC1CCN(CC(F)(F)F)CCC(C)N1. The highest BCUT2D eigenvalue weighted by molar-refractivity contribution is 4.76. The van der Waals surface area contributed by atoms with Crippen molar-refractivity contribution in [2.24, 2.45) is 0 Å². The van der Waals surface area contributed by atoms with Crippen LogP contribution in [-0.4, -0.2) is 42.8 Å². The monoisotopic (exact) mass is 224 g/mol. The van der Waals surface area contributed by atoms with Gasteiger partial charge in [0, 0.05) is 12.1 Å². The molecule has 2 nitrogen and oxygen atoms in total. The normalized spacial score (nSPS) is 31.0. The van der Waals surface area contributed by atoms with E-state index in [1.807, 2.05) is 13.8 Å². The molecule has 1 aliphatic rings. The maximum absolute atomic E-state index is 12.2. The van der Waals surface area contributed by atoms with Gasteiger partial charge in [0.1, 0.15) is 0 Å². The van der Waals surface area contributed by atoms with Crippen molar-refractivity contribution in [3.05, 3.63) is 0 Å². The highest BCUT2D eigenvalue weighted by Gasteiger charge is 2.31. The minimum Gasteiger partial charge on any atom is -0.312 e. The molecule has 0 amide bonds. The first-order valence-corrected chi connectivity index (χ1v) is 5.42. The van der Waals surface area contributed by atoms with Gasteiger partial charge in [0.05, 0.1) is 6.54 Å². The summed E-state index contributed by atoms with van der Waals surface area (Å²) in [6.45, 7) is 4.33. The fraction of sp³-hybridized carbons (Fsp3) is 1.00. The Bertz CT molecular complexity index is 182. The first kappa shape index (κ1) is 12.8. The zero-order valence-electron chi connectivity index (χ0n) is 9.27. The molecular formula is C10H19F3N2. The predicted molar refractivity (Wildman–Crippen MR) is 53.8 cm³/mol. The zero-order chi connectivity index (χ0) is 11.5. The van der Waals surface area contributed by atoms with Crippen LogP contribution in [0.3, 0.4) is 0 Å². The lowest BCUT2D eigenvalue weighted by atomic mass is 10.1. The van der Waals surface area contributed by atoms with Gasteiger partial charge in [-0.3, -0.25) is 4.90 Å². The van der Waals surface area contributed by atoms with Gasteiger partial charge >= 0.3 is 6.18 Å². The molecule has 15 heavy (non-hydrogen) atoms. The van der Waals surface area contributed by atoms with Crippen LogP contribution in [-0.2, 0) is 0 Å². The number of alkyl halides is 3. The molecule has 2 unspecified atom stereocenters. The molecule has 1 heterocycles. The Labute approximate surface area is 88.8 Å².